The van der Waals surface area contributed by atoms with Crippen molar-refractivity contribution in [3.8, 4) is 0 Å². The summed E-state index contributed by atoms with van der Waals surface area (Å²) in [5.41, 5.74) is 6.96. The highest BCUT2D eigenvalue weighted by Gasteiger charge is 2.20. The highest BCUT2D eigenvalue weighted by atomic mass is 32.2. The summed E-state index contributed by atoms with van der Waals surface area (Å²) in [6.45, 7) is 4.29. The van der Waals surface area contributed by atoms with Gasteiger partial charge < -0.3 is 5.73 Å². The van der Waals surface area contributed by atoms with Crippen LogP contribution in [0.3, 0.4) is 0 Å². The molecule has 0 amide bonds. The molecule has 9 heteroatoms. The second-order valence-electron chi connectivity index (χ2n) is 4.10. The molecule has 2 aromatic heterocycles. The van der Waals surface area contributed by atoms with Crippen molar-refractivity contribution in [2.75, 3.05) is 12.3 Å². The van der Waals surface area contributed by atoms with Crippen LogP contribution in [0.2, 0.25) is 0 Å². The van der Waals surface area contributed by atoms with Crippen molar-refractivity contribution in [3.63, 3.8) is 0 Å². The van der Waals surface area contributed by atoms with Crippen LogP contribution in [0, 0.1) is 13.8 Å². The Morgan fingerprint density at radius 1 is 1.47 bits per heavy atom. The molecule has 19 heavy (non-hydrogen) atoms. The van der Waals surface area contributed by atoms with Crippen molar-refractivity contribution in [1.29, 1.82) is 0 Å². The summed E-state index contributed by atoms with van der Waals surface area (Å²) in [5.74, 6) is 0. The van der Waals surface area contributed by atoms with Crippen LogP contribution in [0.1, 0.15) is 11.3 Å². The van der Waals surface area contributed by atoms with Crippen LogP contribution in [0.4, 0.5) is 5.13 Å². The number of hydrogen-bond acceptors (Lipinski definition) is 6. The summed E-state index contributed by atoms with van der Waals surface area (Å²) in [5, 5.41) is 4.33. The van der Waals surface area contributed by atoms with Gasteiger partial charge in [-0.15, -0.1) is 0 Å². The Hall–Kier alpha value is -1.45. The first-order chi connectivity index (χ1) is 8.88. The lowest BCUT2D eigenvalue weighted by molar-refractivity contribution is 0.562. The molecule has 0 radical (unpaired) electrons. The van der Waals surface area contributed by atoms with E-state index in [0.717, 1.165) is 16.9 Å². The second-order valence-corrected chi connectivity index (χ2v) is 7.10. The van der Waals surface area contributed by atoms with Crippen molar-refractivity contribution in [3.05, 3.63) is 23.7 Å². The van der Waals surface area contributed by atoms with Gasteiger partial charge in [-0.3, -0.25) is 4.68 Å². The summed E-state index contributed by atoms with van der Waals surface area (Å²) in [4.78, 5) is 3.91. The van der Waals surface area contributed by atoms with Gasteiger partial charge in [-0.05, 0) is 19.4 Å². The minimum absolute atomic E-state index is 0.168. The number of anilines is 1. The van der Waals surface area contributed by atoms with Gasteiger partial charge in [0.25, 0.3) is 10.0 Å². The third-order valence-corrected chi connectivity index (χ3v) is 5.47. The van der Waals surface area contributed by atoms with Gasteiger partial charge in [0.05, 0.1) is 18.4 Å². The molecule has 2 aromatic rings. The fourth-order valence-corrected chi connectivity index (χ4v) is 3.96. The van der Waals surface area contributed by atoms with Crippen LogP contribution < -0.4 is 10.5 Å². The minimum atomic E-state index is -3.55. The molecule has 0 aromatic carbocycles. The maximum atomic E-state index is 12.0. The van der Waals surface area contributed by atoms with E-state index in [4.69, 9.17) is 5.73 Å². The van der Waals surface area contributed by atoms with Gasteiger partial charge in [0.1, 0.15) is 0 Å². The molecule has 0 fully saturated rings. The third kappa shape index (κ3) is 3.31. The first kappa shape index (κ1) is 14.0. The molecule has 0 spiro atoms. The first-order valence-electron chi connectivity index (χ1n) is 5.60. The number of nitrogens with two attached hydrogens (primary N) is 1. The summed E-state index contributed by atoms with van der Waals surface area (Å²) in [6, 6.07) is 0. The smallest absolute Gasteiger partial charge is 0.252 e. The molecule has 0 saturated carbocycles. The van der Waals surface area contributed by atoms with E-state index in [1.54, 1.807) is 17.8 Å². The predicted octanol–water partition coefficient (Wildman–Crippen LogP) is 0.517. The Labute approximate surface area is 115 Å². The SMILES string of the molecule is Cc1cnn(CCNS(=O)(=O)c2sc(N)nc2C)c1. The number of rotatable bonds is 5. The number of hydrogen-bond donors (Lipinski definition) is 2. The van der Waals surface area contributed by atoms with Gasteiger partial charge in [-0.1, -0.05) is 11.3 Å². The van der Waals surface area contributed by atoms with Crippen molar-refractivity contribution < 1.29 is 8.42 Å². The Balaban J connectivity index is 2.00. The van der Waals surface area contributed by atoms with Gasteiger partial charge >= 0.3 is 0 Å². The minimum Gasteiger partial charge on any atom is -0.375 e. The maximum Gasteiger partial charge on any atom is 0.252 e. The lowest BCUT2D eigenvalue weighted by Gasteiger charge is -2.05. The van der Waals surface area contributed by atoms with Gasteiger partial charge in [-0.25, -0.2) is 18.1 Å². The lowest BCUT2D eigenvalue weighted by atomic mass is 10.4. The van der Waals surface area contributed by atoms with E-state index in [1.165, 1.54) is 0 Å². The fourth-order valence-electron chi connectivity index (χ4n) is 1.60. The zero-order valence-electron chi connectivity index (χ0n) is 10.6. The summed E-state index contributed by atoms with van der Waals surface area (Å²) in [7, 11) is -3.55. The largest absolute Gasteiger partial charge is 0.375 e. The first-order valence-corrected chi connectivity index (χ1v) is 7.90. The molecule has 0 aliphatic heterocycles. The highest BCUT2D eigenvalue weighted by Crippen LogP contribution is 2.24. The Morgan fingerprint density at radius 3 is 2.74 bits per heavy atom. The molecule has 0 saturated heterocycles. The number of thiazole rings is 1. The molecule has 2 rings (SSSR count). The van der Waals surface area contributed by atoms with Crippen LogP contribution in [-0.2, 0) is 16.6 Å². The highest BCUT2D eigenvalue weighted by molar-refractivity contribution is 7.91. The molecule has 3 N–H and O–H groups in total. The number of nitrogens with zero attached hydrogens (tertiary/aromatic N) is 3. The standard InChI is InChI=1S/C10H15N5O2S2/c1-7-5-12-15(6-7)4-3-13-19(16,17)9-8(2)14-10(11)18-9/h5-6,13H,3-4H2,1-2H3,(H2,11,14). The monoisotopic (exact) mass is 301 g/mol. The molecule has 0 atom stereocenters. The Morgan fingerprint density at radius 2 is 2.21 bits per heavy atom. The molecule has 2 heterocycles. The van der Waals surface area contributed by atoms with E-state index < -0.39 is 10.0 Å². The average Bonchev–Trinajstić information content (AvgIpc) is 2.85. The number of nitrogens with one attached hydrogen (secondary N) is 1. The molecule has 7 nitrogen and oxygen atoms in total. The van der Waals surface area contributed by atoms with Gasteiger partial charge in [0.15, 0.2) is 9.34 Å². The average molecular weight is 301 g/mol. The number of aryl methyl sites for hydroxylation is 2. The fraction of sp³-hybridized carbons (Fsp3) is 0.400. The van der Waals surface area contributed by atoms with Gasteiger partial charge in [-0.2, -0.15) is 5.10 Å². The van der Waals surface area contributed by atoms with Gasteiger partial charge in [0, 0.05) is 12.7 Å². The van der Waals surface area contributed by atoms with E-state index in [9.17, 15) is 8.42 Å². The predicted molar refractivity (Wildman–Crippen MR) is 73.4 cm³/mol. The maximum absolute atomic E-state index is 12.0. The quantitative estimate of drug-likeness (QED) is 0.838. The molecule has 0 aliphatic carbocycles. The van der Waals surface area contributed by atoms with E-state index in [0.29, 0.717) is 12.2 Å². The lowest BCUT2D eigenvalue weighted by Crippen LogP contribution is -2.27. The number of sulfonamides is 1. The summed E-state index contributed by atoms with van der Waals surface area (Å²) in [6.07, 6.45) is 3.58. The van der Waals surface area contributed by atoms with E-state index in [2.05, 4.69) is 14.8 Å². The van der Waals surface area contributed by atoms with Crippen LogP contribution in [0.25, 0.3) is 0 Å². The molecule has 0 aliphatic rings. The number of aromatic nitrogens is 3. The summed E-state index contributed by atoms with van der Waals surface area (Å²) >= 11 is 0.965. The second kappa shape index (κ2) is 5.27. The molecular formula is C10H15N5O2S2. The Kier molecular flexibility index (Phi) is 3.88. The summed E-state index contributed by atoms with van der Waals surface area (Å²) < 4.78 is 28.4. The van der Waals surface area contributed by atoms with E-state index >= 15 is 0 Å². The third-order valence-electron chi connectivity index (χ3n) is 2.41. The van der Waals surface area contributed by atoms with Gasteiger partial charge in [0.2, 0.25) is 0 Å². The van der Waals surface area contributed by atoms with E-state index in [-0.39, 0.29) is 15.9 Å². The van der Waals surface area contributed by atoms with Crippen LogP contribution in [-0.4, -0.2) is 29.7 Å². The topological polar surface area (TPSA) is 103 Å². The van der Waals surface area contributed by atoms with Crippen LogP contribution in [0.5, 0.6) is 0 Å². The zero-order valence-corrected chi connectivity index (χ0v) is 12.3. The molecule has 0 unspecified atom stereocenters. The number of nitrogen functional groups attached to an aromatic ring is 1. The van der Waals surface area contributed by atoms with Crippen molar-refractivity contribution in [2.24, 2.45) is 0 Å². The van der Waals surface area contributed by atoms with E-state index in [1.807, 2.05) is 13.1 Å². The molecular weight excluding hydrogens is 286 g/mol. The van der Waals surface area contributed by atoms with Crippen LogP contribution in [0.15, 0.2) is 16.6 Å². The van der Waals surface area contributed by atoms with Crippen molar-refractivity contribution in [2.45, 2.75) is 24.6 Å². The molecule has 104 valence electrons. The zero-order chi connectivity index (χ0) is 14.0. The van der Waals surface area contributed by atoms with Crippen molar-refractivity contribution in [1.82, 2.24) is 19.5 Å². The molecule has 0 bridgehead atoms. The van der Waals surface area contributed by atoms with Crippen molar-refractivity contribution >= 4 is 26.5 Å². The normalized spacial score (nSPS) is 11.9. The Bertz CT molecular complexity index is 674. The van der Waals surface area contributed by atoms with Crippen LogP contribution >= 0.6 is 11.3 Å².